The average Bonchev–Trinajstić information content (AvgIpc) is 2.15. The van der Waals surface area contributed by atoms with Gasteiger partial charge in [-0.2, -0.15) is 0 Å². The summed E-state index contributed by atoms with van der Waals surface area (Å²) in [6.07, 6.45) is 2.50. The lowest BCUT2D eigenvalue weighted by Crippen LogP contribution is -2.31. The number of hydrogen-bond acceptors (Lipinski definition) is 3. The standard InChI is InChI=1S/C9H19NO4S/c1-3-4-5-7-10(2)15(13,14)8-6-9(11)12/h3-8H2,1-2H3,(H,11,12). The van der Waals surface area contributed by atoms with Gasteiger partial charge in [0.15, 0.2) is 0 Å². The highest BCUT2D eigenvalue weighted by Crippen LogP contribution is 2.04. The van der Waals surface area contributed by atoms with Crippen LogP contribution >= 0.6 is 0 Å². The maximum atomic E-state index is 11.5. The van der Waals surface area contributed by atoms with Gasteiger partial charge in [0.25, 0.3) is 0 Å². The lowest BCUT2D eigenvalue weighted by molar-refractivity contribution is -0.136. The Morgan fingerprint density at radius 1 is 1.33 bits per heavy atom. The number of unbranched alkanes of at least 4 members (excludes halogenated alkanes) is 2. The molecule has 0 rings (SSSR count). The van der Waals surface area contributed by atoms with Gasteiger partial charge in [0.1, 0.15) is 0 Å². The Morgan fingerprint density at radius 2 is 1.93 bits per heavy atom. The molecule has 0 saturated carbocycles. The minimum absolute atomic E-state index is 0.315. The zero-order valence-electron chi connectivity index (χ0n) is 9.27. The van der Waals surface area contributed by atoms with E-state index in [-0.39, 0.29) is 12.2 Å². The summed E-state index contributed by atoms with van der Waals surface area (Å²) in [5.41, 5.74) is 0. The fourth-order valence-electron chi connectivity index (χ4n) is 1.10. The molecule has 0 aliphatic rings. The Morgan fingerprint density at radius 3 is 2.40 bits per heavy atom. The number of carboxylic acids is 1. The fraction of sp³-hybridized carbons (Fsp3) is 0.889. The van der Waals surface area contributed by atoms with Crippen LogP contribution in [0.15, 0.2) is 0 Å². The number of rotatable bonds is 8. The molecule has 0 fully saturated rings. The van der Waals surface area contributed by atoms with Crippen LogP contribution < -0.4 is 0 Å². The largest absolute Gasteiger partial charge is 0.481 e. The van der Waals surface area contributed by atoms with E-state index < -0.39 is 16.0 Å². The van der Waals surface area contributed by atoms with E-state index in [4.69, 9.17) is 5.11 Å². The monoisotopic (exact) mass is 237 g/mol. The Kier molecular flexibility index (Phi) is 6.51. The molecule has 15 heavy (non-hydrogen) atoms. The zero-order chi connectivity index (χ0) is 11.9. The summed E-state index contributed by atoms with van der Waals surface area (Å²) in [6, 6.07) is 0. The van der Waals surface area contributed by atoms with Crippen LogP contribution in [-0.2, 0) is 14.8 Å². The molecule has 0 aliphatic heterocycles. The summed E-state index contributed by atoms with van der Waals surface area (Å²) in [5, 5.41) is 8.39. The van der Waals surface area contributed by atoms with E-state index in [0.29, 0.717) is 6.54 Å². The Bertz CT molecular complexity index is 286. The predicted molar refractivity (Wildman–Crippen MR) is 58.2 cm³/mol. The van der Waals surface area contributed by atoms with Crippen molar-refractivity contribution in [2.45, 2.75) is 32.6 Å². The minimum atomic E-state index is -3.38. The maximum Gasteiger partial charge on any atom is 0.304 e. The van der Waals surface area contributed by atoms with Crippen molar-refractivity contribution in [1.82, 2.24) is 4.31 Å². The quantitative estimate of drug-likeness (QED) is 0.637. The molecule has 0 amide bonds. The highest BCUT2D eigenvalue weighted by molar-refractivity contribution is 7.89. The van der Waals surface area contributed by atoms with Crippen molar-refractivity contribution in [3.05, 3.63) is 0 Å². The van der Waals surface area contributed by atoms with Crippen molar-refractivity contribution in [2.24, 2.45) is 0 Å². The highest BCUT2D eigenvalue weighted by atomic mass is 32.2. The molecular formula is C9H19NO4S. The summed E-state index contributed by atoms with van der Waals surface area (Å²) in [5.74, 6) is -1.40. The summed E-state index contributed by atoms with van der Waals surface area (Å²) >= 11 is 0. The molecule has 5 nitrogen and oxygen atoms in total. The molecule has 0 unspecified atom stereocenters. The topological polar surface area (TPSA) is 74.7 Å². The van der Waals surface area contributed by atoms with Crippen LogP contribution in [0.2, 0.25) is 0 Å². The van der Waals surface area contributed by atoms with Crippen LogP contribution in [0.5, 0.6) is 0 Å². The SMILES string of the molecule is CCCCCN(C)S(=O)(=O)CCC(=O)O. The van der Waals surface area contributed by atoms with Crippen LogP contribution in [0.3, 0.4) is 0 Å². The fourth-order valence-corrected chi connectivity index (χ4v) is 2.25. The van der Waals surface area contributed by atoms with E-state index in [1.54, 1.807) is 0 Å². The Hall–Kier alpha value is -0.620. The molecular weight excluding hydrogens is 218 g/mol. The van der Waals surface area contributed by atoms with Gasteiger partial charge in [-0.15, -0.1) is 0 Å². The van der Waals surface area contributed by atoms with Crippen molar-refractivity contribution >= 4 is 16.0 Å². The van der Waals surface area contributed by atoms with Gasteiger partial charge in [0.2, 0.25) is 10.0 Å². The molecule has 0 bridgehead atoms. The molecule has 0 heterocycles. The van der Waals surface area contributed by atoms with E-state index in [9.17, 15) is 13.2 Å². The minimum Gasteiger partial charge on any atom is -0.481 e. The first kappa shape index (κ1) is 14.4. The summed E-state index contributed by atoms with van der Waals surface area (Å²) < 4.78 is 24.2. The second kappa shape index (κ2) is 6.79. The van der Waals surface area contributed by atoms with E-state index in [0.717, 1.165) is 19.3 Å². The lowest BCUT2D eigenvalue weighted by Gasteiger charge is -2.16. The highest BCUT2D eigenvalue weighted by Gasteiger charge is 2.18. The third-order valence-electron chi connectivity index (χ3n) is 2.13. The van der Waals surface area contributed by atoms with Crippen molar-refractivity contribution in [3.63, 3.8) is 0 Å². The van der Waals surface area contributed by atoms with Gasteiger partial charge in [-0.05, 0) is 6.42 Å². The molecule has 1 N–H and O–H groups in total. The molecule has 0 radical (unpaired) electrons. The van der Waals surface area contributed by atoms with Gasteiger partial charge < -0.3 is 5.11 Å². The smallest absolute Gasteiger partial charge is 0.304 e. The van der Waals surface area contributed by atoms with Crippen LogP contribution in [0.25, 0.3) is 0 Å². The zero-order valence-corrected chi connectivity index (χ0v) is 10.1. The van der Waals surface area contributed by atoms with Crippen molar-refractivity contribution < 1.29 is 18.3 Å². The lowest BCUT2D eigenvalue weighted by atomic mass is 10.2. The molecule has 0 aromatic heterocycles. The first-order valence-corrected chi connectivity index (χ1v) is 6.67. The third-order valence-corrected chi connectivity index (χ3v) is 3.98. The molecule has 0 aliphatic carbocycles. The number of hydrogen-bond donors (Lipinski definition) is 1. The first-order chi connectivity index (χ1) is 6.90. The van der Waals surface area contributed by atoms with E-state index in [2.05, 4.69) is 0 Å². The second-order valence-electron chi connectivity index (χ2n) is 3.49. The third kappa shape index (κ3) is 6.46. The van der Waals surface area contributed by atoms with Gasteiger partial charge in [-0.3, -0.25) is 4.79 Å². The number of nitrogens with zero attached hydrogens (tertiary/aromatic N) is 1. The molecule has 6 heteroatoms. The summed E-state index contributed by atoms with van der Waals surface area (Å²) in [4.78, 5) is 10.2. The van der Waals surface area contributed by atoms with Crippen molar-refractivity contribution in [3.8, 4) is 0 Å². The van der Waals surface area contributed by atoms with Crippen molar-refractivity contribution in [2.75, 3.05) is 19.3 Å². The Labute approximate surface area is 91.1 Å². The number of carbonyl (C=O) groups is 1. The molecule has 0 saturated heterocycles. The first-order valence-electron chi connectivity index (χ1n) is 5.06. The number of sulfonamides is 1. The predicted octanol–water partition coefficient (Wildman–Crippen LogP) is 0.913. The van der Waals surface area contributed by atoms with Gasteiger partial charge in [-0.1, -0.05) is 19.8 Å². The average molecular weight is 237 g/mol. The molecule has 90 valence electrons. The van der Waals surface area contributed by atoms with Gasteiger partial charge in [0.05, 0.1) is 12.2 Å². The molecule has 0 aromatic rings. The normalized spacial score (nSPS) is 11.9. The van der Waals surface area contributed by atoms with Crippen molar-refractivity contribution in [1.29, 1.82) is 0 Å². The van der Waals surface area contributed by atoms with E-state index >= 15 is 0 Å². The van der Waals surface area contributed by atoms with Crippen LogP contribution in [-0.4, -0.2) is 43.1 Å². The van der Waals surface area contributed by atoms with Gasteiger partial charge >= 0.3 is 5.97 Å². The van der Waals surface area contributed by atoms with E-state index in [1.165, 1.54) is 11.4 Å². The maximum absolute atomic E-state index is 11.5. The van der Waals surface area contributed by atoms with E-state index in [1.807, 2.05) is 6.92 Å². The van der Waals surface area contributed by atoms with Crippen LogP contribution in [0.4, 0.5) is 0 Å². The van der Waals surface area contributed by atoms with Crippen LogP contribution in [0, 0.1) is 0 Å². The van der Waals surface area contributed by atoms with Gasteiger partial charge in [-0.25, -0.2) is 12.7 Å². The number of carboxylic acid groups (broad SMARTS) is 1. The van der Waals surface area contributed by atoms with Gasteiger partial charge in [0, 0.05) is 13.6 Å². The molecule has 0 spiro atoms. The Balaban J connectivity index is 4.03. The molecule has 0 atom stereocenters. The number of aliphatic carboxylic acids is 1. The summed E-state index contributed by atoms with van der Waals surface area (Å²) in [7, 11) is -1.89. The second-order valence-corrected chi connectivity index (χ2v) is 5.68. The van der Waals surface area contributed by atoms with Crippen LogP contribution in [0.1, 0.15) is 32.6 Å². The molecule has 0 aromatic carbocycles. The summed E-state index contributed by atoms with van der Waals surface area (Å²) in [6.45, 7) is 2.51.